The third-order valence-corrected chi connectivity index (χ3v) is 2.33. The van der Waals surface area contributed by atoms with Crippen molar-refractivity contribution in [2.75, 3.05) is 5.32 Å². The van der Waals surface area contributed by atoms with E-state index in [4.69, 9.17) is 17.3 Å². The molecule has 0 spiro atoms. The number of amides is 2. The van der Waals surface area contributed by atoms with Crippen molar-refractivity contribution in [2.24, 2.45) is 5.73 Å². The lowest BCUT2D eigenvalue weighted by atomic mass is 10.2. The zero-order chi connectivity index (χ0) is 12.1. The summed E-state index contributed by atoms with van der Waals surface area (Å²) >= 11 is 5.88. The maximum Gasteiger partial charge on any atom is 0.248 e. The lowest BCUT2D eigenvalue weighted by molar-refractivity contribution is -0.116. The molecule has 0 aliphatic rings. The van der Waals surface area contributed by atoms with Gasteiger partial charge in [0.25, 0.3) is 0 Å². The SMILES string of the molecule is CCCC(=O)Nc1cc(C(N)=O)ccc1Cl. The van der Waals surface area contributed by atoms with Crippen LogP contribution in [0.3, 0.4) is 0 Å². The van der Waals surface area contributed by atoms with Gasteiger partial charge in [-0.2, -0.15) is 0 Å². The Morgan fingerprint density at radius 1 is 1.44 bits per heavy atom. The van der Waals surface area contributed by atoms with E-state index in [0.717, 1.165) is 6.42 Å². The number of primary amides is 1. The van der Waals surface area contributed by atoms with E-state index in [1.54, 1.807) is 0 Å². The second kappa shape index (κ2) is 5.51. The van der Waals surface area contributed by atoms with Crippen LogP contribution in [0.25, 0.3) is 0 Å². The summed E-state index contributed by atoms with van der Waals surface area (Å²) in [6.07, 6.45) is 1.16. The van der Waals surface area contributed by atoms with Gasteiger partial charge < -0.3 is 11.1 Å². The first-order chi connectivity index (χ1) is 7.54. The Balaban J connectivity index is 2.90. The van der Waals surface area contributed by atoms with Crippen molar-refractivity contribution in [3.8, 4) is 0 Å². The van der Waals surface area contributed by atoms with Gasteiger partial charge >= 0.3 is 0 Å². The van der Waals surface area contributed by atoms with Crippen LogP contribution in [0, 0.1) is 0 Å². The molecule has 0 radical (unpaired) electrons. The predicted molar refractivity (Wildman–Crippen MR) is 63.5 cm³/mol. The van der Waals surface area contributed by atoms with Crippen molar-refractivity contribution >= 4 is 29.1 Å². The Hall–Kier alpha value is -1.55. The molecule has 5 heteroatoms. The summed E-state index contributed by atoms with van der Waals surface area (Å²) in [5.74, 6) is -0.686. The Morgan fingerprint density at radius 2 is 2.12 bits per heavy atom. The number of carbonyl (C=O) groups is 2. The summed E-state index contributed by atoms with van der Waals surface area (Å²) in [5, 5.41) is 3.01. The number of benzene rings is 1. The van der Waals surface area contributed by atoms with Crippen LogP contribution >= 0.6 is 11.6 Å². The minimum atomic E-state index is -0.553. The normalized spacial score (nSPS) is 9.88. The van der Waals surface area contributed by atoms with Gasteiger partial charge in [-0.3, -0.25) is 9.59 Å². The van der Waals surface area contributed by atoms with Crippen LogP contribution in [0.2, 0.25) is 5.02 Å². The van der Waals surface area contributed by atoms with Crippen molar-refractivity contribution in [1.82, 2.24) is 0 Å². The van der Waals surface area contributed by atoms with Crippen LogP contribution in [0.5, 0.6) is 0 Å². The molecular weight excluding hydrogens is 228 g/mol. The van der Waals surface area contributed by atoms with Crippen molar-refractivity contribution in [3.05, 3.63) is 28.8 Å². The van der Waals surface area contributed by atoms with Crippen molar-refractivity contribution < 1.29 is 9.59 Å². The molecule has 4 nitrogen and oxygen atoms in total. The molecule has 0 atom stereocenters. The molecule has 86 valence electrons. The molecule has 0 fully saturated rings. The van der Waals surface area contributed by atoms with Crippen molar-refractivity contribution in [1.29, 1.82) is 0 Å². The predicted octanol–water partition coefficient (Wildman–Crippen LogP) is 2.18. The van der Waals surface area contributed by atoms with Gasteiger partial charge in [0.2, 0.25) is 11.8 Å². The van der Waals surface area contributed by atoms with Crippen LogP contribution in [0.15, 0.2) is 18.2 Å². The molecule has 0 aromatic heterocycles. The van der Waals surface area contributed by atoms with Gasteiger partial charge in [-0.15, -0.1) is 0 Å². The largest absolute Gasteiger partial charge is 0.366 e. The molecule has 1 rings (SSSR count). The number of carbonyl (C=O) groups excluding carboxylic acids is 2. The molecule has 3 N–H and O–H groups in total. The third kappa shape index (κ3) is 3.24. The lowest BCUT2D eigenvalue weighted by Gasteiger charge is -2.07. The smallest absolute Gasteiger partial charge is 0.248 e. The number of halogens is 1. The highest BCUT2D eigenvalue weighted by Crippen LogP contribution is 2.23. The molecule has 1 aromatic carbocycles. The molecule has 2 amide bonds. The molecule has 0 heterocycles. The maximum atomic E-state index is 11.4. The quantitative estimate of drug-likeness (QED) is 0.847. The summed E-state index contributed by atoms with van der Waals surface area (Å²) in [7, 11) is 0. The fourth-order valence-electron chi connectivity index (χ4n) is 1.21. The zero-order valence-corrected chi connectivity index (χ0v) is 9.67. The van der Waals surface area contributed by atoms with Crippen molar-refractivity contribution in [2.45, 2.75) is 19.8 Å². The summed E-state index contributed by atoms with van der Waals surface area (Å²) in [6.45, 7) is 1.90. The van der Waals surface area contributed by atoms with E-state index in [9.17, 15) is 9.59 Å². The van der Waals surface area contributed by atoms with Gasteiger partial charge in [0, 0.05) is 12.0 Å². The van der Waals surface area contributed by atoms with Crippen LogP contribution < -0.4 is 11.1 Å². The van der Waals surface area contributed by atoms with E-state index < -0.39 is 5.91 Å². The average Bonchev–Trinajstić information content (AvgIpc) is 2.21. The van der Waals surface area contributed by atoms with Gasteiger partial charge in [0.15, 0.2) is 0 Å². The molecular formula is C11H13ClN2O2. The first kappa shape index (κ1) is 12.5. The summed E-state index contributed by atoms with van der Waals surface area (Å²) < 4.78 is 0. The fourth-order valence-corrected chi connectivity index (χ4v) is 1.38. The van der Waals surface area contributed by atoms with Gasteiger partial charge in [-0.25, -0.2) is 0 Å². The topological polar surface area (TPSA) is 72.2 Å². The summed E-state index contributed by atoms with van der Waals surface area (Å²) in [6, 6.07) is 4.52. The summed E-state index contributed by atoms with van der Waals surface area (Å²) in [4.78, 5) is 22.3. The Kier molecular flexibility index (Phi) is 4.31. The number of nitrogens with two attached hydrogens (primary N) is 1. The monoisotopic (exact) mass is 240 g/mol. The Morgan fingerprint density at radius 3 is 2.69 bits per heavy atom. The standard InChI is InChI=1S/C11H13ClN2O2/c1-2-3-10(15)14-9-6-7(11(13)16)4-5-8(9)12/h4-6H,2-3H2,1H3,(H2,13,16)(H,14,15). The van der Waals surface area contributed by atoms with E-state index in [0.29, 0.717) is 22.7 Å². The van der Waals surface area contributed by atoms with Crippen LogP contribution in [0.1, 0.15) is 30.1 Å². The molecule has 0 saturated carbocycles. The van der Waals surface area contributed by atoms with Crippen LogP contribution in [-0.2, 0) is 4.79 Å². The van der Waals surface area contributed by atoms with Gasteiger partial charge in [0.1, 0.15) is 0 Å². The van der Waals surface area contributed by atoms with Crippen molar-refractivity contribution in [3.63, 3.8) is 0 Å². The van der Waals surface area contributed by atoms with E-state index in [1.807, 2.05) is 6.92 Å². The number of anilines is 1. The number of hydrogen-bond donors (Lipinski definition) is 2. The Bertz CT molecular complexity index is 418. The third-order valence-electron chi connectivity index (χ3n) is 2.00. The number of rotatable bonds is 4. The van der Waals surface area contributed by atoms with E-state index in [-0.39, 0.29) is 5.91 Å². The van der Waals surface area contributed by atoms with E-state index >= 15 is 0 Å². The molecule has 0 aliphatic heterocycles. The molecule has 1 aromatic rings. The highest BCUT2D eigenvalue weighted by atomic mass is 35.5. The summed E-state index contributed by atoms with van der Waals surface area (Å²) in [5.41, 5.74) is 5.86. The minimum absolute atomic E-state index is 0.133. The second-order valence-corrected chi connectivity index (χ2v) is 3.76. The first-order valence-electron chi connectivity index (χ1n) is 4.93. The molecule has 0 aliphatic carbocycles. The average molecular weight is 241 g/mol. The van der Waals surface area contributed by atoms with E-state index in [2.05, 4.69) is 5.32 Å². The highest BCUT2D eigenvalue weighted by Gasteiger charge is 2.08. The highest BCUT2D eigenvalue weighted by molar-refractivity contribution is 6.33. The van der Waals surface area contributed by atoms with Crippen LogP contribution in [0.4, 0.5) is 5.69 Å². The maximum absolute atomic E-state index is 11.4. The van der Waals surface area contributed by atoms with Gasteiger partial charge in [-0.05, 0) is 24.6 Å². The Labute approximate surface area is 98.8 Å². The number of nitrogens with one attached hydrogen (secondary N) is 1. The molecule has 0 unspecified atom stereocenters. The fraction of sp³-hybridized carbons (Fsp3) is 0.273. The number of hydrogen-bond acceptors (Lipinski definition) is 2. The van der Waals surface area contributed by atoms with E-state index in [1.165, 1.54) is 18.2 Å². The van der Waals surface area contributed by atoms with Gasteiger partial charge in [0.05, 0.1) is 10.7 Å². The molecule has 16 heavy (non-hydrogen) atoms. The minimum Gasteiger partial charge on any atom is -0.366 e. The first-order valence-corrected chi connectivity index (χ1v) is 5.31. The lowest BCUT2D eigenvalue weighted by Crippen LogP contribution is -2.14. The van der Waals surface area contributed by atoms with Crippen LogP contribution in [-0.4, -0.2) is 11.8 Å². The molecule has 0 saturated heterocycles. The second-order valence-electron chi connectivity index (χ2n) is 3.36. The zero-order valence-electron chi connectivity index (χ0n) is 8.92. The molecule has 0 bridgehead atoms. The van der Waals surface area contributed by atoms with Gasteiger partial charge in [-0.1, -0.05) is 18.5 Å².